The van der Waals surface area contributed by atoms with Crippen LogP contribution in [0.1, 0.15) is 329 Å². The predicted octanol–water partition coefficient (Wildman–Crippen LogP) is 38.3. The Hall–Kier alpha value is -9.64. The zero-order chi connectivity index (χ0) is 89.4. The molecule has 0 bridgehead atoms. The van der Waals surface area contributed by atoms with Crippen LogP contribution >= 0.6 is 0 Å². The van der Waals surface area contributed by atoms with Crippen LogP contribution in [-0.4, -0.2) is 0 Å². The van der Waals surface area contributed by atoms with Crippen molar-refractivity contribution in [2.24, 2.45) is 23.7 Å². The summed E-state index contributed by atoms with van der Waals surface area (Å²) < 4.78 is 59.8. The number of halogens is 4. The van der Waals surface area contributed by atoms with Gasteiger partial charge in [-0.05, 0) is 311 Å². The van der Waals surface area contributed by atoms with Gasteiger partial charge in [-0.2, -0.15) is 0 Å². The van der Waals surface area contributed by atoms with E-state index in [0.717, 1.165) is 135 Å². The molecule has 0 radical (unpaired) electrons. The van der Waals surface area contributed by atoms with Gasteiger partial charge in [0.25, 0.3) is 0 Å². The van der Waals surface area contributed by atoms with E-state index in [9.17, 15) is 17.6 Å². The Morgan fingerprint density at radius 1 is 0.188 bits per heavy atom. The van der Waals surface area contributed by atoms with Gasteiger partial charge in [-0.15, -0.1) is 0 Å². The molecule has 0 heterocycles. The van der Waals surface area contributed by atoms with Crippen LogP contribution in [0.3, 0.4) is 0 Å². The largest absolute Gasteiger partial charge is 0.206 e. The second kappa shape index (κ2) is 49.9. The smallest absolute Gasteiger partial charge is 0.131 e. The van der Waals surface area contributed by atoms with Crippen LogP contribution in [0.25, 0.3) is 89.0 Å². The maximum absolute atomic E-state index is 15.0. The summed E-state index contributed by atoms with van der Waals surface area (Å²) >= 11 is 0. The summed E-state index contributed by atoms with van der Waals surface area (Å²) in [6.07, 6.45) is 46.9. The number of hydrogen-bond donors (Lipinski definition) is 0. The highest BCUT2D eigenvalue weighted by Crippen LogP contribution is 2.45. The third kappa shape index (κ3) is 27.3. The fourth-order valence-electron chi connectivity index (χ4n) is 21.2. The Morgan fingerprint density at radius 2 is 0.398 bits per heavy atom. The van der Waals surface area contributed by atoms with Crippen LogP contribution < -0.4 is 0 Å². The van der Waals surface area contributed by atoms with Gasteiger partial charge in [-0.1, -0.05) is 401 Å². The van der Waals surface area contributed by atoms with Crippen LogP contribution in [0.4, 0.5) is 17.6 Å². The third-order valence-corrected chi connectivity index (χ3v) is 29.3. The molecule has 128 heavy (non-hydrogen) atoms. The van der Waals surface area contributed by atoms with E-state index in [1.54, 1.807) is 24.3 Å². The first-order valence-electron chi connectivity index (χ1n) is 50.7. The summed E-state index contributed by atoms with van der Waals surface area (Å²) in [7, 11) is 0. The van der Waals surface area contributed by atoms with Gasteiger partial charge >= 0.3 is 0 Å². The maximum atomic E-state index is 15.0. The van der Waals surface area contributed by atoms with E-state index < -0.39 is 0 Å². The van der Waals surface area contributed by atoms with E-state index in [0.29, 0.717) is 45.9 Å². The number of unbranched alkanes of at least 4 members (excludes halogenated alkanes) is 5. The van der Waals surface area contributed by atoms with Gasteiger partial charge in [0.05, 0.1) is 0 Å². The second-order valence-corrected chi connectivity index (χ2v) is 38.5. The van der Waals surface area contributed by atoms with Crippen molar-refractivity contribution in [3.63, 3.8) is 0 Å². The van der Waals surface area contributed by atoms with Crippen molar-refractivity contribution in [3.8, 4) is 89.0 Å². The van der Waals surface area contributed by atoms with Gasteiger partial charge in [-0.25, -0.2) is 17.6 Å². The van der Waals surface area contributed by atoms with E-state index >= 15 is 0 Å². The molecule has 0 saturated heterocycles. The molecule has 0 nitrogen and oxygen atoms in total. The molecule has 672 valence electrons. The van der Waals surface area contributed by atoms with Gasteiger partial charge in [0, 0.05) is 22.3 Å². The fraction of sp³-hybridized carbons (Fsp3) is 0.419. The van der Waals surface area contributed by atoms with Gasteiger partial charge < -0.3 is 0 Å². The molecule has 4 aliphatic rings. The van der Waals surface area contributed by atoms with Crippen molar-refractivity contribution in [3.05, 3.63) is 335 Å². The summed E-state index contributed by atoms with van der Waals surface area (Å²) in [5.74, 6) is 5.91. The highest BCUT2D eigenvalue weighted by atomic mass is 19.1. The summed E-state index contributed by atoms with van der Waals surface area (Å²) in [5, 5.41) is 0. The van der Waals surface area contributed by atoms with E-state index in [1.165, 1.54) is 231 Å². The van der Waals surface area contributed by atoms with Crippen molar-refractivity contribution in [2.45, 2.75) is 310 Å². The summed E-state index contributed by atoms with van der Waals surface area (Å²) in [4.78, 5) is 0. The van der Waals surface area contributed by atoms with Crippen molar-refractivity contribution in [1.29, 1.82) is 0 Å². The molecule has 0 atom stereocenters. The summed E-state index contributed by atoms with van der Waals surface area (Å²) in [6.45, 7) is 17.8. The molecule has 0 N–H and O–H groups in total. The van der Waals surface area contributed by atoms with Crippen molar-refractivity contribution < 1.29 is 17.6 Å². The molecular weight excluding hydrogens is 1570 g/mol. The number of hydrogen-bond acceptors (Lipinski definition) is 0. The lowest BCUT2D eigenvalue weighted by atomic mass is 9.77. The number of aryl methyl sites for hydroxylation is 4. The highest BCUT2D eigenvalue weighted by molar-refractivity contribution is 5.76. The average Bonchev–Trinajstić information content (AvgIpc) is 0.820. The van der Waals surface area contributed by atoms with Gasteiger partial charge in [0.1, 0.15) is 23.3 Å². The molecule has 0 aromatic heterocycles. The lowest BCUT2D eigenvalue weighted by molar-refractivity contribution is 0.303. The molecule has 0 spiro atoms. The number of benzene rings is 12. The first-order chi connectivity index (χ1) is 62.7. The quantitative estimate of drug-likeness (QED) is 0.0291. The standard InChI is InChI=1S/C32H39F.2C31H37F.C30H35F/c1-3-5-6-8-25-9-13-26(14-10-25)27-17-19-28(20-18-27)30-21-22-31(32(33)23-30)29-15-11-24(7-4-2)12-16-29;1-3-5-6-7-24-10-12-25(13-11-24)26-16-18-27(19-17-26)29-20-21-30(31(32)22-29)28-14-8-23(4-2)9-15-28;1-3-5-7-24-8-12-25(13-9-24)26-16-18-27(19-17-26)29-20-21-30(31(32)22-29)28-14-10-23(6-4-2)11-15-28;1-3-5-22-7-11-24(12-8-22)25-15-17-26(18-16-25)28-19-20-29(30(31)21-28)27-13-9-23(6-4-2)10-14-27/h11-12,15-23,25-26H,3-10,13-14H2,1-2H3;8-9,14-22,24-25H,3-7,10-13H2,1-2H3;10-11,14-22,24-25H,3-9,12-13H2,1-2H3;9-10,13-22,24H,3-8,11-12H2,1-2H3. The van der Waals surface area contributed by atoms with Crippen molar-refractivity contribution in [2.75, 3.05) is 0 Å². The number of rotatable bonds is 32. The topological polar surface area (TPSA) is 0 Å². The van der Waals surface area contributed by atoms with Crippen molar-refractivity contribution >= 4 is 0 Å². The van der Waals surface area contributed by atoms with Crippen molar-refractivity contribution in [1.82, 2.24) is 0 Å². The molecule has 16 rings (SSSR count). The van der Waals surface area contributed by atoms with E-state index in [-0.39, 0.29) is 23.3 Å². The highest BCUT2D eigenvalue weighted by Gasteiger charge is 2.27. The predicted molar refractivity (Wildman–Crippen MR) is 542 cm³/mol. The minimum absolute atomic E-state index is 0.152. The van der Waals surface area contributed by atoms with Crippen LogP contribution in [0.5, 0.6) is 0 Å². The molecule has 4 aliphatic carbocycles. The van der Waals surface area contributed by atoms with Crippen LogP contribution in [0.15, 0.2) is 267 Å². The monoisotopic (exact) mass is 1710 g/mol. The molecule has 0 aliphatic heterocycles. The second-order valence-electron chi connectivity index (χ2n) is 38.5. The molecule has 4 heteroatoms. The zero-order valence-corrected chi connectivity index (χ0v) is 79.0. The SMILES string of the molecule is CCCCC1CCC(c2ccc(-c3ccc(-c4ccc(CCC)cc4)c(F)c3)cc2)CC1.CCCCCC1CCC(c2ccc(-c3ccc(-c4ccc(CC)cc4)c(F)c3)cc2)CC1.CCCCCC1CCC(c2ccc(-c3ccc(-c4ccc(CCC)cc4)c(F)c3)cc2)CC1.CCCc1ccc(-c2ccc(-c3ccc(C4CCC(CCC)CC4)cc3)cc2F)cc1. The van der Waals surface area contributed by atoms with Crippen LogP contribution in [0, 0.1) is 46.9 Å². The Labute approximate surface area is 770 Å². The Morgan fingerprint density at radius 3 is 0.609 bits per heavy atom. The summed E-state index contributed by atoms with van der Waals surface area (Å²) in [5.41, 5.74) is 25.6. The van der Waals surface area contributed by atoms with Crippen LogP contribution in [-0.2, 0) is 25.7 Å². The summed E-state index contributed by atoms with van der Waals surface area (Å²) in [6, 6.07) is 91.2. The molecule has 4 saturated carbocycles. The molecule has 0 unspecified atom stereocenters. The van der Waals surface area contributed by atoms with Gasteiger partial charge in [0.2, 0.25) is 0 Å². The maximum Gasteiger partial charge on any atom is 0.131 e. The minimum Gasteiger partial charge on any atom is -0.206 e. The Kier molecular flexibility index (Phi) is 37.4. The lowest BCUT2D eigenvalue weighted by Gasteiger charge is -2.29. The fourth-order valence-corrected chi connectivity index (χ4v) is 21.2. The normalized spacial score (nSPS) is 18.6. The third-order valence-electron chi connectivity index (χ3n) is 29.3. The first kappa shape index (κ1) is 95.9. The molecule has 12 aromatic rings. The molecule has 4 fully saturated rings. The van der Waals surface area contributed by atoms with E-state index in [2.05, 4.69) is 207 Å². The molecular formula is C124H148F4. The van der Waals surface area contributed by atoms with Crippen LogP contribution in [0.2, 0.25) is 0 Å². The first-order valence-corrected chi connectivity index (χ1v) is 50.7. The Balaban J connectivity index is 0.000000146. The van der Waals surface area contributed by atoms with Gasteiger partial charge in [-0.3, -0.25) is 0 Å². The van der Waals surface area contributed by atoms with Gasteiger partial charge in [0.15, 0.2) is 0 Å². The van der Waals surface area contributed by atoms with E-state index in [4.69, 9.17) is 0 Å². The average molecular weight is 1710 g/mol. The Bertz CT molecular complexity index is 5240. The molecule has 12 aromatic carbocycles. The molecule has 0 amide bonds. The minimum atomic E-state index is -0.155. The van der Waals surface area contributed by atoms with E-state index in [1.807, 2.05) is 91.0 Å². The zero-order valence-electron chi connectivity index (χ0n) is 79.0. The lowest BCUT2D eigenvalue weighted by Crippen LogP contribution is -2.13.